The number of thiazole rings is 1. The van der Waals surface area contributed by atoms with Gasteiger partial charge in [0.2, 0.25) is 0 Å². The largest absolute Gasteiger partial charge is 0.493 e. The predicted octanol–water partition coefficient (Wildman–Crippen LogP) is 3.66. The van der Waals surface area contributed by atoms with E-state index < -0.39 is 0 Å². The van der Waals surface area contributed by atoms with E-state index in [1.165, 1.54) is 11.3 Å². The minimum absolute atomic E-state index is 0.00502. The zero-order chi connectivity index (χ0) is 20.2. The SMILES string of the molecule is Cc1ncsc1C(=O)N1CCO[C@@H](c2cc(CCOc3ccc(Cl)cc3)[nH]n2)C1. The second-order valence-corrected chi connectivity index (χ2v) is 8.04. The van der Waals surface area contributed by atoms with Gasteiger partial charge in [-0.05, 0) is 37.3 Å². The number of hydrogen-bond acceptors (Lipinski definition) is 6. The Hall–Kier alpha value is -2.42. The Kier molecular flexibility index (Phi) is 6.13. The first-order valence-electron chi connectivity index (χ1n) is 9.33. The molecule has 0 radical (unpaired) electrons. The molecule has 1 saturated heterocycles. The fourth-order valence-electron chi connectivity index (χ4n) is 3.15. The number of nitrogens with one attached hydrogen (secondary N) is 1. The van der Waals surface area contributed by atoms with E-state index in [-0.39, 0.29) is 12.0 Å². The molecule has 3 aromatic rings. The number of ether oxygens (including phenoxy) is 2. The molecule has 0 saturated carbocycles. The summed E-state index contributed by atoms with van der Waals surface area (Å²) in [7, 11) is 0. The van der Waals surface area contributed by atoms with Crippen LogP contribution in [-0.2, 0) is 11.2 Å². The molecule has 7 nitrogen and oxygen atoms in total. The van der Waals surface area contributed by atoms with E-state index in [0.717, 1.165) is 22.8 Å². The number of H-pyrrole nitrogens is 1. The highest BCUT2D eigenvalue weighted by molar-refractivity contribution is 7.11. The van der Waals surface area contributed by atoms with Crippen LogP contribution >= 0.6 is 22.9 Å². The lowest BCUT2D eigenvalue weighted by Gasteiger charge is -2.31. The van der Waals surface area contributed by atoms with E-state index in [0.29, 0.717) is 42.6 Å². The quantitative estimate of drug-likeness (QED) is 0.642. The topological polar surface area (TPSA) is 80.3 Å². The van der Waals surface area contributed by atoms with Crippen LogP contribution in [0.2, 0.25) is 5.02 Å². The molecule has 29 heavy (non-hydrogen) atoms. The number of carbonyl (C=O) groups excluding carboxylic acids is 1. The van der Waals surface area contributed by atoms with Crippen molar-refractivity contribution < 1.29 is 14.3 Å². The summed E-state index contributed by atoms with van der Waals surface area (Å²) in [6.45, 7) is 3.90. The Morgan fingerprint density at radius 3 is 3.00 bits per heavy atom. The lowest BCUT2D eigenvalue weighted by atomic mass is 10.1. The number of hydrogen-bond donors (Lipinski definition) is 1. The molecule has 1 aliphatic rings. The van der Waals surface area contributed by atoms with Crippen LogP contribution in [0.15, 0.2) is 35.8 Å². The Morgan fingerprint density at radius 1 is 1.41 bits per heavy atom. The number of amides is 1. The number of halogens is 1. The van der Waals surface area contributed by atoms with Crippen molar-refractivity contribution in [3.63, 3.8) is 0 Å². The van der Waals surface area contributed by atoms with E-state index in [1.54, 1.807) is 17.6 Å². The van der Waals surface area contributed by atoms with Gasteiger partial charge in [0.1, 0.15) is 16.7 Å². The standard InChI is InChI=1S/C20H21ClN4O3S/c1-13-19(29-12-22-13)20(26)25-7-9-28-18(11-25)17-10-15(23-24-17)6-8-27-16-4-2-14(21)3-5-16/h2-5,10,12,18H,6-9,11H2,1H3,(H,23,24)/t18-/m1/s1. The van der Waals surface area contributed by atoms with Crippen LogP contribution in [-0.4, -0.2) is 52.3 Å². The van der Waals surface area contributed by atoms with Gasteiger partial charge in [-0.3, -0.25) is 9.89 Å². The van der Waals surface area contributed by atoms with E-state index in [2.05, 4.69) is 15.2 Å². The molecule has 1 aliphatic heterocycles. The van der Waals surface area contributed by atoms with Crippen LogP contribution in [0.5, 0.6) is 5.75 Å². The lowest BCUT2D eigenvalue weighted by Crippen LogP contribution is -2.42. The van der Waals surface area contributed by atoms with Gasteiger partial charge in [-0.1, -0.05) is 11.6 Å². The van der Waals surface area contributed by atoms with E-state index in [4.69, 9.17) is 21.1 Å². The molecular weight excluding hydrogens is 412 g/mol. The van der Waals surface area contributed by atoms with Crippen molar-refractivity contribution in [3.8, 4) is 5.75 Å². The number of nitrogens with zero attached hydrogens (tertiary/aromatic N) is 3. The Balaban J connectivity index is 1.33. The van der Waals surface area contributed by atoms with E-state index in [9.17, 15) is 4.79 Å². The number of aryl methyl sites for hydroxylation is 1. The van der Waals surface area contributed by atoms with Gasteiger partial charge >= 0.3 is 0 Å². The molecule has 4 rings (SSSR count). The highest BCUT2D eigenvalue weighted by Crippen LogP contribution is 2.24. The van der Waals surface area contributed by atoms with Gasteiger partial charge in [0.15, 0.2) is 0 Å². The summed E-state index contributed by atoms with van der Waals surface area (Å²) in [5, 5.41) is 8.10. The van der Waals surface area contributed by atoms with Gasteiger partial charge in [0.25, 0.3) is 5.91 Å². The molecule has 9 heteroatoms. The molecule has 152 valence electrons. The average molecular weight is 433 g/mol. The summed E-state index contributed by atoms with van der Waals surface area (Å²) in [6.07, 6.45) is 0.438. The summed E-state index contributed by atoms with van der Waals surface area (Å²) in [4.78, 5) is 19.4. The molecule has 1 fully saturated rings. The third-order valence-electron chi connectivity index (χ3n) is 4.73. The molecular formula is C20H21ClN4O3S. The number of morpholine rings is 1. The summed E-state index contributed by atoms with van der Waals surface area (Å²) in [6, 6.07) is 9.25. The molecule has 1 aromatic carbocycles. The average Bonchev–Trinajstić information content (AvgIpc) is 3.38. The zero-order valence-electron chi connectivity index (χ0n) is 15.9. The van der Waals surface area contributed by atoms with Crippen LogP contribution < -0.4 is 4.74 Å². The molecule has 0 aliphatic carbocycles. The highest BCUT2D eigenvalue weighted by Gasteiger charge is 2.29. The second-order valence-electron chi connectivity index (χ2n) is 6.75. The molecule has 2 aromatic heterocycles. The van der Waals surface area contributed by atoms with Crippen molar-refractivity contribution in [1.29, 1.82) is 0 Å². The van der Waals surface area contributed by atoms with Crippen LogP contribution in [0.3, 0.4) is 0 Å². The molecule has 1 amide bonds. The summed E-state index contributed by atoms with van der Waals surface area (Å²) in [5.74, 6) is 0.780. The van der Waals surface area contributed by atoms with E-state index in [1.807, 2.05) is 30.0 Å². The fraction of sp³-hybridized carbons (Fsp3) is 0.350. The maximum absolute atomic E-state index is 12.7. The first kappa shape index (κ1) is 19.9. The van der Waals surface area contributed by atoms with Crippen molar-refractivity contribution in [2.75, 3.05) is 26.3 Å². The maximum Gasteiger partial charge on any atom is 0.266 e. The van der Waals surface area contributed by atoms with Crippen LogP contribution in [0.4, 0.5) is 0 Å². The Bertz CT molecular complexity index is 972. The summed E-state index contributed by atoms with van der Waals surface area (Å²) < 4.78 is 11.6. The molecule has 0 unspecified atom stereocenters. The summed E-state index contributed by atoms with van der Waals surface area (Å²) >= 11 is 7.25. The monoisotopic (exact) mass is 432 g/mol. The molecule has 1 N–H and O–H groups in total. The smallest absolute Gasteiger partial charge is 0.266 e. The van der Waals surface area contributed by atoms with Crippen molar-refractivity contribution in [1.82, 2.24) is 20.1 Å². The fourth-order valence-corrected chi connectivity index (χ4v) is 4.04. The third-order valence-corrected chi connectivity index (χ3v) is 5.90. The Labute approximate surface area is 177 Å². The summed E-state index contributed by atoms with van der Waals surface area (Å²) in [5.41, 5.74) is 4.22. The maximum atomic E-state index is 12.7. The first-order valence-corrected chi connectivity index (χ1v) is 10.6. The lowest BCUT2D eigenvalue weighted by molar-refractivity contribution is -0.0246. The van der Waals surface area contributed by atoms with Gasteiger partial charge in [0, 0.05) is 23.7 Å². The zero-order valence-corrected chi connectivity index (χ0v) is 17.5. The van der Waals surface area contributed by atoms with Gasteiger partial charge in [-0.15, -0.1) is 11.3 Å². The second kappa shape index (κ2) is 8.94. The minimum Gasteiger partial charge on any atom is -0.493 e. The third kappa shape index (κ3) is 4.77. The van der Waals surface area contributed by atoms with Gasteiger partial charge in [0.05, 0.1) is 36.7 Å². The highest BCUT2D eigenvalue weighted by atomic mass is 35.5. The van der Waals surface area contributed by atoms with Crippen molar-refractivity contribution >= 4 is 28.8 Å². The van der Waals surface area contributed by atoms with Crippen molar-refractivity contribution in [2.45, 2.75) is 19.4 Å². The predicted molar refractivity (Wildman–Crippen MR) is 111 cm³/mol. The van der Waals surface area contributed by atoms with Gasteiger partial charge in [-0.2, -0.15) is 5.10 Å². The molecule has 1 atom stereocenters. The van der Waals surface area contributed by atoms with Gasteiger partial charge in [-0.25, -0.2) is 4.98 Å². The number of rotatable bonds is 6. The molecule has 0 bridgehead atoms. The van der Waals surface area contributed by atoms with E-state index >= 15 is 0 Å². The number of aromatic amines is 1. The molecule has 0 spiro atoms. The number of aromatic nitrogens is 3. The van der Waals surface area contributed by atoms with Crippen LogP contribution in [0.1, 0.15) is 32.9 Å². The van der Waals surface area contributed by atoms with Crippen molar-refractivity contribution in [2.24, 2.45) is 0 Å². The van der Waals surface area contributed by atoms with Gasteiger partial charge < -0.3 is 14.4 Å². The van der Waals surface area contributed by atoms with Crippen molar-refractivity contribution in [3.05, 3.63) is 62.8 Å². The van der Waals surface area contributed by atoms with Crippen LogP contribution in [0.25, 0.3) is 0 Å². The molecule has 3 heterocycles. The van der Waals surface area contributed by atoms with Crippen LogP contribution in [0, 0.1) is 6.92 Å². The number of carbonyl (C=O) groups is 1. The first-order chi connectivity index (χ1) is 14.1. The Morgan fingerprint density at radius 2 is 2.24 bits per heavy atom. The normalized spacial score (nSPS) is 16.8. The minimum atomic E-state index is -0.247. The number of benzene rings is 1.